The standard InChI is InChI=1S/C16H22ClNO2/c1-16(2)9-3-4-14(16)18-15(20)10-13(19)11-5-7-12(17)8-6-11/h5-8,13-14,19H,3-4,9-10H2,1-2H3,(H,18,20). The van der Waals surface area contributed by atoms with Crippen molar-refractivity contribution in [3.8, 4) is 0 Å². The Morgan fingerprint density at radius 3 is 2.65 bits per heavy atom. The summed E-state index contributed by atoms with van der Waals surface area (Å²) in [6.07, 6.45) is 2.62. The number of amides is 1. The number of aliphatic hydroxyl groups is 1. The van der Waals surface area contributed by atoms with Gasteiger partial charge in [-0.25, -0.2) is 0 Å². The van der Waals surface area contributed by atoms with E-state index in [9.17, 15) is 9.90 Å². The maximum Gasteiger partial charge on any atom is 0.223 e. The molecule has 1 amide bonds. The third-order valence-corrected chi connectivity index (χ3v) is 4.48. The maximum absolute atomic E-state index is 12.0. The van der Waals surface area contributed by atoms with Crippen LogP contribution in [0.5, 0.6) is 0 Å². The third kappa shape index (κ3) is 3.74. The summed E-state index contributed by atoms with van der Waals surface area (Å²) in [7, 11) is 0. The summed E-state index contributed by atoms with van der Waals surface area (Å²) in [6, 6.07) is 7.16. The first-order valence-electron chi connectivity index (χ1n) is 7.11. The van der Waals surface area contributed by atoms with Gasteiger partial charge in [0.05, 0.1) is 12.5 Å². The molecule has 4 heteroatoms. The molecule has 2 N–H and O–H groups in total. The van der Waals surface area contributed by atoms with Gasteiger partial charge in [0.1, 0.15) is 0 Å². The normalized spacial score (nSPS) is 22.5. The van der Waals surface area contributed by atoms with E-state index in [0.717, 1.165) is 24.8 Å². The minimum absolute atomic E-state index is 0.0903. The topological polar surface area (TPSA) is 49.3 Å². The molecule has 1 aliphatic carbocycles. The van der Waals surface area contributed by atoms with Crippen LogP contribution < -0.4 is 5.32 Å². The molecule has 1 aromatic carbocycles. The highest BCUT2D eigenvalue weighted by atomic mass is 35.5. The lowest BCUT2D eigenvalue weighted by molar-refractivity contribution is -0.124. The highest BCUT2D eigenvalue weighted by molar-refractivity contribution is 6.30. The molecule has 0 heterocycles. The molecule has 1 saturated carbocycles. The highest BCUT2D eigenvalue weighted by Gasteiger charge is 2.35. The Morgan fingerprint density at radius 1 is 1.45 bits per heavy atom. The predicted molar refractivity (Wildman–Crippen MR) is 80.6 cm³/mol. The number of carbonyl (C=O) groups is 1. The van der Waals surface area contributed by atoms with Gasteiger partial charge in [0.25, 0.3) is 0 Å². The van der Waals surface area contributed by atoms with Crippen LogP contribution in [0.2, 0.25) is 5.02 Å². The van der Waals surface area contributed by atoms with Crippen LogP contribution in [-0.4, -0.2) is 17.1 Å². The zero-order valence-electron chi connectivity index (χ0n) is 12.0. The molecule has 1 aliphatic rings. The van der Waals surface area contributed by atoms with Crippen molar-refractivity contribution in [2.75, 3.05) is 0 Å². The van der Waals surface area contributed by atoms with E-state index >= 15 is 0 Å². The van der Waals surface area contributed by atoms with Gasteiger partial charge in [-0.2, -0.15) is 0 Å². The third-order valence-electron chi connectivity index (χ3n) is 4.23. The van der Waals surface area contributed by atoms with E-state index in [1.807, 2.05) is 0 Å². The number of benzene rings is 1. The molecule has 0 bridgehead atoms. The fraction of sp³-hybridized carbons (Fsp3) is 0.562. The Bertz CT molecular complexity index is 470. The van der Waals surface area contributed by atoms with Gasteiger partial charge in [0.2, 0.25) is 5.91 Å². The molecule has 0 spiro atoms. The van der Waals surface area contributed by atoms with Crippen LogP contribution >= 0.6 is 11.6 Å². The molecule has 1 fully saturated rings. The molecular formula is C16H22ClNO2. The fourth-order valence-electron chi connectivity index (χ4n) is 2.83. The Kier molecular flexibility index (Phi) is 4.71. The van der Waals surface area contributed by atoms with Gasteiger partial charge in [-0.1, -0.05) is 44.0 Å². The summed E-state index contributed by atoms with van der Waals surface area (Å²) < 4.78 is 0. The van der Waals surface area contributed by atoms with Crippen LogP contribution in [0.3, 0.4) is 0 Å². The van der Waals surface area contributed by atoms with Crippen molar-refractivity contribution in [3.05, 3.63) is 34.9 Å². The number of aliphatic hydroxyl groups excluding tert-OH is 1. The summed E-state index contributed by atoms with van der Waals surface area (Å²) in [5.74, 6) is -0.0903. The van der Waals surface area contributed by atoms with Crippen molar-refractivity contribution in [2.24, 2.45) is 5.41 Å². The number of halogens is 1. The predicted octanol–water partition coefficient (Wildman–Crippen LogP) is 3.46. The second kappa shape index (κ2) is 6.15. The van der Waals surface area contributed by atoms with E-state index in [1.54, 1.807) is 24.3 Å². The number of rotatable bonds is 4. The number of nitrogens with one attached hydrogen (secondary N) is 1. The smallest absolute Gasteiger partial charge is 0.223 e. The fourth-order valence-corrected chi connectivity index (χ4v) is 2.95. The maximum atomic E-state index is 12.0. The second-order valence-electron chi connectivity index (χ2n) is 6.27. The largest absolute Gasteiger partial charge is 0.388 e. The second-order valence-corrected chi connectivity index (χ2v) is 6.71. The molecule has 2 rings (SSSR count). The van der Waals surface area contributed by atoms with Crippen LogP contribution in [0.1, 0.15) is 51.2 Å². The lowest BCUT2D eigenvalue weighted by Crippen LogP contribution is -2.41. The summed E-state index contributed by atoms with van der Waals surface area (Å²) in [6.45, 7) is 4.36. The lowest BCUT2D eigenvalue weighted by Gasteiger charge is -2.28. The lowest BCUT2D eigenvalue weighted by atomic mass is 9.87. The molecule has 1 aromatic rings. The Morgan fingerprint density at radius 2 is 2.10 bits per heavy atom. The summed E-state index contributed by atoms with van der Waals surface area (Å²) in [5.41, 5.74) is 0.871. The molecular weight excluding hydrogens is 274 g/mol. The van der Waals surface area contributed by atoms with E-state index in [2.05, 4.69) is 19.2 Å². The first-order valence-corrected chi connectivity index (χ1v) is 7.49. The average Bonchev–Trinajstić information content (AvgIpc) is 2.69. The monoisotopic (exact) mass is 295 g/mol. The van der Waals surface area contributed by atoms with Crippen LogP contribution in [-0.2, 0) is 4.79 Å². The average molecular weight is 296 g/mol. The van der Waals surface area contributed by atoms with E-state index in [1.165, 1.54) is 0 Å². The van der Waals surface area contributed by atoms with Crippen LogP contribution in [0, 0.1) is 5.41 Å². The van der Waals surface area contributed by atoms with Gasteiger partial charge in [0, 0.05) is 11.1 Å². The van der Waals surface area contributed by atoms with Crippen molar-refractivity contribution in [1.82, 2.24) is 5.32 Å². The molecule has 0 radical (unpaired) electrons. The van der Waals surface area contributed by atoms with Crippen molar-refractivity contribution >= 4 is 17.5 Å². The number of hydrogen-bond donors (Lipinski definition) is 2. The van der Waals surface area contributed by atoms with Crippen LogP contribution in [0.15, 0.2) is 24.3 Å². The first kappa shape index (κ1) is 15.3. The Balaban J connectivity index is 1.89. The zero-order valence-corrected chi connectivity index (χ0v) is 12.8. The van der Waals surface area contributed by atoms with E-state index < -0.39 is 6.10 Å². The zero-order chi connectivity index (χ0) is 14.8. The number of hydrogen-bond acceptors (Lipinski definition) is 2. The molecule has 2 atom stereocenters. The molecule has 20 heavy (non-hydrogen) atoms. The van der Waals surface area contributed by atoms with Gasteiger partial charge in [-0.05, 0) is 36.0 Å². The summed E-state index contributed by atoms with van der Waals surface area (Å²) in [5, 5.41) is 13.8. The minimum Gasteiger partial charge on any atom is -0.388 e. The SMILES string of the molecule is CC1(C)CCCC1NC(=O)CC(O)c1ccc(Cl)cc1. The van der Waals surface area contributed by atoms with Crippen molar-refractivity contribution in [1.29, 1.82) is 0 Å². The summed E-state index contributed by atoms with van der Waals surface area (Å²) >= 11 is 5.81. The highest BCUT2D eigenvalue weighted by Crippen LogP contribution is 2.37. The van der Waals surface area contributed by atoms with E-state index in [0.29, 0.717) is 5.02 Å². The van der Waals surface area contributed by atoms with Crippen molar-refractivity contribution < 1.29 is 9.90 Å². The molecule has 0 saturated heterocycles. The van der Waals surface area contributed by atoms with E-state index in [4.69, 9.17) is 11.6 Å². The van der Waals surface area contributed by atoms with Crippen molar-refractivity contribution in [2.45, 2.75) is 51.7 Å². The Hall–Kier alpha value is -1.06. The molecule has 0 aromatic heterocycles. The molecule has 2 unspecified atom stereocenters. The minimum atomic E-state index is -0.781. The van der Waals surface area contributed by atoms with Crippen molar-refractivity contribution in [3.63, 3.8) is 0 Å². The quantitative estimate of drug-likeness (QED) is 0.894. The van der Waals surface area contributed by atoms with Crippen LogP contribution in [0.25, 0.3) is 0 Å². The Labute approximate surface area is 125 Å². The molecule has 0 aliphatic heterocycles. The van der Waals surface area contributed by atoms with Crippen LogP contribution in [0.4, 0.5) is 0 Å². The van der Waals surface area contributed by atoms with Gasteiger partial charge >= 0.3 is 0 Å². The van der Waals surface area contributed by atoms with E-state index in [-0.39, 0.29) is 23.8 Å². The van der Waals surface area contributed by atoms with Gasteiger partial charge in [-0.3, -0.25) is 4.79 Å². The van der Waals surface area contributed by atoms with Gasteiger partial charge < -0.3 is 10.4 Å². The number of carbonyl (C=O) groups excluding carboxylic acids is 1. The molecule has 3 nitrogen and oxygen atoms in total. The summed E-state index contributed by atoms with van der Waals surface area (Å²) in [4.78, 5) is 12.0. The van der Waals surface area contributed by atoms with Gasteiger partial charge in [-0.15, -0.1) is 0 Å². The van der Waals surface area contributed by atoms with Gasteiger partial charge in [0.15, 0.2) is 0 Å². The first-order chi connectivity index (χ1) is 9.38. The molecule has 110 valence electrons.